The van der Waals surface area contributed by atoms with Crippen molar-refractivity contribution in [2.75, 3.05) is 26.2 Å². The molecule has 1 fully saturated rings. The predicted octanol–water partition coefficient (Wildman–Crippen LogP) is 7.49. The fraction of sp³-hybridized carbons (Fsp3) is 0.316. The third kappa shape index (κ3) is 10.5. The first-order valence-corrected chi connectivity index (χ1v) is 15.5. The minimum Gasteiger partial charge on any atom is -0.481 e. The van der Waals surface area contributed by atoms with Crippen molar-refractivity contribution < 1.29 is 14.7 Å². The standard InChI is InChI=1S/C21H26N2O.C17H18O2/c24-21(23-16-14-22-15-17-23)13-7-12-20(18-8-3-1-4-9-18)19-10-5-2-6-11-19;18-17(19)13-7-12-16(14-8-3-1-4-9-14)15-10-5-2-6-11-15/h1-6,8-11,20,22H,7,12-17H2;1-6,8-11,16H,7,12-13H2,(H,18,19). The molecule has 4 aromatic carbocycles. The van der Waals surface area contributed by atoms with Crippen LogP contribution in [-0.2, 0) is 9.59 Å². The fourth-order valence-electron chi connectivity index (χ4n) is 5.78. The second-order valence-electron chi connectivity index (χ2n) is 11.1. The van der Waals surface area contributed by atoms with Gasteiger partial charge in [-0.1, -0.05) is 121 Å². The molecular weight excluding hydrogens is 532 g/mol. The second-order valence-corrected chi connectivity index (χ2v) is 11.1. The number of rotatable bonds is 12. The van der Waals surface area contributed by atoms with Crippen molar-refractivity contribution in [2.45, 2.75) is 50.4 Å². The summed E-state index contributed by atoms with van der Waals surface area (Å²) in [5, 5.41) is 12.1. The first-order valence-electron chi connectivity index (χ1n) is 15.5. The molecule has 5 heteroatoms. The zero-order valence-electron chi connectivity index (χ0n) is 25.0. The molecule has 224 valence electrons. The van der Waals surface area contributed by atoms with Crippen LogP contribution in [0, 0.1) is 0 Å². The maximum atomic E-state index is 12.4. The normalized spacial score (nSPS) is 12.9. The molecule has 43 heavy (non-hydrogen) atoms. The van der Waals surface area contributed by atoms with Crippen LogP contribution >= 0.6 is 0 Å². The number of hydrogen-bond donors (Lipinski definition) is 2. The first kappa shape index (κ1) is 31.7. The van der Waals surface area contributed by atoms with Crippen molar-refractivity contribution in [2.24, 2.45) is 0 Å². The molecule has 0 atom stereocenters. The van der Waals surface area contributed by atoms with Gasteiger partial charge in [-0.15, -0.1) is 0 Å². The van der Waals surface area contributed by atoms with Crippen LogP contribution in [0.5, 0.6) is 0 Å². The summed E-state index contributed by atoms with van der Waals surface area (Å²) in [5.41, 5.74) is 5.16. The first-order chi connectivity index (χ1) is 21.1. The Balaban J connectivity index is 0.000000203. The van der Waals surface area contributed by atoms with Gasteiger partial charge in [-0.3, -0.25) is 9.59 Å². The van der Waals surface area contributed by atoms with Crippen LogP contribution in [0.15, 0.2) is 121 Å². The van der Waals surface area contributed by atoms with Crippen molar-refractivity contribution in [3.05, 3.63) is 144 Å². The topological polar surface area (TPSA) is 69.6 Å². The molecule has 1 saturated heterocycles. The van der Waals surface area contributed by atoms with Gasteiger partial charge in [-0.05, 0) is 47.9 Å². The van der Waals surface area contributed by atoms with E-state index in [0.29, 0.717) is 24.7 Å². The lowest BCUT2D eigenvalue weighted by atomic mass is 9.87. The van der Waals surface area contributed by atoms with E-state index in [-0.39, 0.29) is 12.3 Å². The number of piperazine rings is 1. The van der Waals surface area contributed by atoms with E-state index in [2.05, 4.69) is 90.2 Å². The molecule has 0 radical (unpaired) electrons. The number of amides is 1. The molecule has 0 unspecified atom stereocenters. The number of hydrogen-bond acceptors (Lipinski definition) is 3. The molecule has 5 nitrogen and oxygen atoms in total. The Kier molecular flexibility index (Phi) is 13.0. The quantitative estimate of drug-likeness (QED) is 0.183. The third-order valence-electron chi connectivity index (χ3n) is 8.04. The molecule has 2 N–H and O–H groups in total. The molecule has 1 aliphatic rings. The third-order valence-corrected chi connectivity index (χ3v) is 8.04. The Bertz CT molecular complexity index is 1260. The van der Waals surface area contributed by atoms with Gasteiger partial charge in [0, 0.05) is 50.9 Å². The van der Waals surface area contributed by atoms with Gasteiger partial charge >= 0.3 is 5.97 Å². The van der Waals surface area contributed by atoms with E-state index in [4.69, 9.17) is 5.11 Å². The molecule has 0 aromatic heterocycles. The van der Waals surface area contributed by atoms with Gasteiger partial charge < -0.3 is 15.3 Å². The minimum absolute atomic E-state index is 0.232. The van der Waals surface area contributed by atoms with E-state index in [1.54, 1.807) is 0 Å². The zero-order valence-corrected chi connectivity index (χ0v) is 25.0. The Labute approximate surface area is 256 Å². The van der Waals surface area contributed by atoms with Gasteiger partial charge in [0.25, 0.3) is 0 Å². The van der Waals surface area contributed by atoms with Gasteiger partial charge in [-0.25, -0.2) is 0 Å². The molecule has 0 bridgehead atoms. The Morgan fingerprint density at radius 1 is 0.581 bits per heavy atom. The molecule has 1 amide bonds. The monoisotopic (exact) mass is 576 g/mol. The number of carboxylic acid groups (broad SMARTS) is 1. The highest BCUT2D eigenvalue weighted by Crippen LogP contribution is 2.30. The molecule has 0 spiro atoms. The Morgan fingerprint density at radius 2 is 0.930 bits per heavy atom. The molecule has 0 aliphatic carbocycles. The summed E-state index contributed by atoms with van der Waals surface area (Å²) in [6, 6.07) is 41.8. The van der Waals surface area contributed by atoms with E-state index in [9.17, 15) is 9.59 Å². The highest BCUT2D eigenvalue weighted by atomic mass is 16.4. The van der Waals surface area contributed by atoms with Crippen LogP contribution in [0.1, 0.15) is 72.6 Å². The van der Waals surface area contributed by atoms with Crippen LogP contribution in [-0.4, -0.2) is 48.1 Å². The van der Waals surface area contributed by atoms with Crippen LogP contribution in [0.4, 0.5) is 0 Å². The Hall–Kier alpha value is -4.22. The van der Waals surface area contributed by atoms with Crippen LogP contribution in [0.2, 0.25) is 0 Å². The summed E-state index contributed by atoms with van der Waals surface area (Å²) in [6.45, 7) is 3.53. The van der Waals surface area contributed by atoms with Gasteiger partial charge in [0.15, 0.2) is 0 Å². The Morgan fingerprint density at radius 3 is 1.28 bits per heavy atom. The maximum absolute atomic E-state index is 12.4. The van der Waals surface area contributed by atoms with Crippen molar-refractivity contribution in [1.82, 2.24) is 10.2 Å². The molecule has 4 aromatic rings. The zero-order chi connectivity index (χ0) is 30.1. The number of benzene rings is 4. The lowest BCUT2D eigenvalue weighted by molar-refractivity contribution is -0.137. The molecule has 5 rings (SSSR count). The summed E-state index contributed by atoms with van der Waals surface area (Å²) in [4.78, 5) is 25.0. The van der Waals surface area contributed by atoms with E-state index in [0.717, 1.165) is 45.4 Å². The lowest BCUT2D eigenvalue weighted by Crippen LogP contribution is -2.46. The minimum atomic E-state index is -0.722. The van der Waals surface area contributed by atoms with Crippen molar-refractivity contribution >= 4 is 11.9 Å². The molecular formula is C38H44N2O3. The van der Waals surface area contributed by atoms with Crippen LogP contribution in [0.25, 0.3) is 0 Å². The number of aliphatic carboxylic acids is 1. The highest BCUT2D eigenvalue weighted by molar-refractivity contribution is 5.76. The predicted molar refractivity (Wildman–Crippen MR) is 174 cm³/mol. The van der Waals surface area contributed by atoms with E-state index in [1.165, 1.54) is 22.3 Å². The summed E-state index contributed by atoms with van der Waals surface area (Å²) in [5.74, 6) is 0.223. The number of nitrogens with zero attached hydrogens (tertiary/aromatic N) is 1. The van der Waals surface area contributed by atoms with Gasteiger partial charge in [-0.2, -0.15) is 0 Å². The van der Waals surface area contributed by atoms with Crippen molar-refractivity contribution in [3.8, 4) is 0 Å². The van der Waals surface area contributed by atoms with Gasteiger partial charge in [0.05, 0.1) is 0 Å². The van der Waals surface area contributed by atoms with E-state index in [1.807, 2.05) is 41.3 Å². The number of carbonyl (C=O) groups excluding carboxylic acids is 1. The molecule has 0 saturated carbocycles. The van der Waals surface area contributed by atoms with Crippen LogP contribution in [0.3, 0.4) is 0 Å². The summed E-state index contributed by atoms with van der Waals surface area (Å²) < 4.78 is 0. The second kappa shape index (κ2) is 17.7. The lowest BCUT2D eigenvalue weighted by Gasteiger charge is -2.27. The average molecular weight is 577 g/mol. The SMILES string of the molecule is O=C(CCCC(c1ccccc1)c1ccccc1)N1CCNCC1.O=C(O)CCCC(c1ccccc1)c1ccccc1. The number of nitrogens with one attached hydrogen (secondary N) is 1. The maximum Gasteiger partial charge on any atom is 0.303 e. The van der Waals surface area contributed by atoms with Gasteiger partial charge in [0.2, 0.25) is 5.91 Å². The molecule has 1 aliphatic heterocycles. The largest absolute Gasteiger partial charge is 0.481 e. The smallest absolute Gasteiger partial charge is 0.303 e. The molecule has 1 heterocycles. The number of carboxylic acids is 1. The van der Waals surface area contributed by atoms with Crippen LogP contribution < -0.4 is 5.32 Å². The highest BCUT2D eigenvalue weighted by Gasteiger charge is 2.18. The van der Waals surface area contributed by atoms with E-state index >= 15 is 0 Å². The van der Waals surface area contributed by atoms with Crippen molar-refractivity contribution in [1.29, 1.82) is 0 Å². The fourth-order valence-corrected chi connectivity index (χ4v) is 5.78. The van der Waals surface area contributed by atoms with E-state index < -0.39 is 5.97 Å². The summed E-state index contributed by atoms with van der Waals surface area (Å²) in [7, 11) is 0. The summed E-state index contributed by atoms with van der Waals surface area (Å²) in [6.07, 6.45) is 4.37. The summed E-state index contributed by atoms with van der Waals surface area (Å²) >= 11 is 0. The number of carbonyl (C=O) groups is 2. The average Bonchev–Trinajstić information content (AvgIpc) is 3.07. The van der Waals surface area contributed by atoms with Gasteiger partial charge in [0.1, 0.15) is 0 Å². The van der Waals surface area contributed by atoms with Crippen molar-refractivity contribution in [3.63, 3.8) is 0 Å².